The lowest BCUT2D eigenvalue weighted by Gasteiger charge is -2.41. The lowest BCUT2D eigenvalue weighted by Crippen LogP contribution is -2.60. The van der Waals surface area contributed by atoms with Crippen molar-refractivity contribution in [1.82, 2.24) is 5.32 Å². The summed E-state index contributed by atoms with van der Waals surface area (Å²) in [5.41, 5.74) is 4.82. The van der Waals surface area contributed by atoms with Crippen molar-refractivity contribution in [3.8, 4) is 17.2 Å². The summed E-state index contributed by atoms with van der Waals surface area (Å²) in [7, 11) is 0. The van der Waals surface area contributed by atoms with Gasteiger partial charge in [0.05, 0.1) is 12.7 Å². The van der Waals surface area contributed by atoms with Gasteiger partial charge < -0.3 is 5.11 Å². The second kappa shape index (κ2) is 6.54. The molecule has 0 bridgehead atoms. The third kappa shape index (κ3) is 3.01. The summed E-state index contributed by atoms with van der Waals surface area (Å²) in [5.74, 6) is 0.609. The first-order chi connectivity index (χ1) is 11.1. The molecule has 1 saturated heterocycles. The van der Waals surface area contributed by atoms with Crippen molar-refractivity contribution in [2.75, 3.05) is 6.61 Å². The standard InChI is InChI=1S/C20H22N2O/c1-13(2)14-3-5-15(6-4-14)16-7-9-17(10-8-16)20-18(11-21)22-19(20)12-23/h3-10,13,18-20,22-23H,12H2,1-2H3/t18-,19-,20-/m0/s1. The van der Waals surface area contributed by atoms with Crippen molar-refractivity contribution in [2.45, 2.75) is 37.8 Å². The van der Waals surface area contributed by atoms with Gasteiger partial charge in [0, 0.05) is 12.0 Å². The van der Waals surface area contributed by atoms with E-state index in [-0.39, 0.29) is 24.6 Å². The summed E-state index contributed by atoms with van der Waals surface area (Å²) in [6.07, 6.45) is 0. The van der Waals surface area contributed by atoms with Crippen LogP contribution in [0.25, 0.3) is 11.1 Å². The Bertz CT molecular complexity index is 698. The zero-order valence-corrected chi connectivity index (χ0v) is 13.5. The van der Waals surface area contributed by atoms with Crippen molar-refractivity contribution in [1.29, 1.82) is 5.26 Å². The fraction of sp³-hybridized carbons (Fsp3) is 0.350. The third-order valence-electron chi connectivity index (χ3n) is 4.73. The number of nitrogens with zero attached hydrogens (tertiary/aromatic N) is 1. The first-order valence-corrected chi connectivity index (χ1v) is 8.11. The first kappa shape index (κ1) is 15.7. The highest BCUT2D eigenvalue weighted by Gasteiger charge is 2.41. The van der Waals surface area contributed by atoms with E-state index in [2.05, 4.69) is 73.8 Å². The Balaban J connectivity index is 1.80. The van der Waals surface area contributed by atoms with Gasteiger partial charge in [0.2, 0.25) is 0 Å². The minimum atomic E-state index is -0.205. The molecular weight excluding hydrogens is 284 g/mol. The van der Waals surface area contributed by atoms with Crippen molar-refractivity contribution < 1.29 is 5.11 Å². The molecule has 1 heterocycles. The van der Waals surface area contributed by atoms with Gasteiger partial charge in [-0.05, 0) is 28.2 Å². The monoisotopic (exact) mass is 306 g/mol. The Morgan fingerprint density at radius 1 is 1.04 bits per heavy atom. The lowest BCUT2D eigenvalue weighted by molar-refractivity contribution is 0.151. The maximum absolute atomic E-state index is 9.36. The van der Waals surface area contributed by atoms with E-state index >= 15 is 0 Å². The number of aliphatic hydroxyl groups is 1. The zero-order valence-electron chi connectivity index (χ0n) is 13.5. The number of hydrogen-bond acceptors (Lipinski definition) is 3. The van der Waals surface area contributed by atoms with Crippen LogP contribution in [0.1, 0.15) is 36.8 Å². The summed E-state index contributed by atoms with van der Waals surface area (Å²) < 4.78 is 0. The number of nitrogens with one attached hydrogen (secondary N) is 1. The maximum Gasteiger partial charge on any atom is 0.104 e. The molecule has 0 unspecified atom stereocenters. The Labute approximate surface area is 137 Å². The van der Waals surface area contributed by atoms with E-state index in [9.17, 15) is 5.11 Å². The number of benzene rings is 2. The van der Waals surface area contributed by atoms with E-state index in [1.165, 1.54) is 16.7 Å². The molecule has 3 atom stereocenters. The molecule has 2 aromatic carbocycles. The molecule has 3 nitrogen and oxygen atoms in total. The van der Waals surface area contributed by atoms with Crippen molar-refractivity contribution >= 4 is 0 Å². The number of aliphatic hydroxyl groups excluding tert-OH is 1. The van der Waals surface area contributed by atoms with E-state index in [0.29, 0.717) is 5.92 Å². The van der Waals surface area contributed by atoms with Gasteiger partial charge >= 0.3 is 0 Å². The zero-order chi connectivity index (χ0) is 16.4. The molecule has 0 amide bonds. The van der Waals surface area contributed by atoms with E-state index in [4.69, 9.17) is 5.26 Å². The van der Waals surface area contributed by atoms with Crippen LogP contribution in [0.15, 0.2) is 48.5 Å². The molecule has 0 aromatic heterocycles. The number of nitriles is 1. The molecule has 118 valence electrons. The van der Waals surface area contributed by atoms with Gasteiger partial charge in [0.15, 0.2) is 0 Å². The van der Waals surface area contributed by atoms with Crippen molar-refractivity contribution in [3.05, 3.63) is 59.7 Å². The Hall–Kier alpha value is -2.15. The van der Waals surface area contributed by atoms with E-state index in [1.807, 2.05) is 0 Å². The molecule has 0 aliphatic carbocycles. The molecule has 2 N–H and O–H groups in total. The van der Waals surface area contributed by atoms with Gasteiger partial charge in [-0.1, -0.05) is 62.4 Å². The molecular formula is C20H22N2O. The maximum atomic E-state index is 9.36. The van der Waals surface area contributed by atoms with Gasteiger partial charge in [-0.3, -0.25) is 5.32 Å². The van der Waals surface area contributed by atoms with Crippen LogP contribution in [0.4, 0.5) is 0 Å². The van der Waals surface area contributed by atoms with E-state index in [1.54, 1.807) is 0 Å². The highest BCUT2D eigenvalue weighted by atomic mass is 16.3. The van der Waals surface area contributed by atoms with Crippen LogP contribution in [0.5, 0.6) is 0 Å². The molecule has 0 spiro atoms. The average molecular weight is 306 g/mol. The van der Waals surface area contributed by atoms with Crippen LogP contribution in [-0.4, -0.2) is 23.8 Å². The van der Waals surface area contributed by atoms with Gasteiger partial charge in [-0.25, -0.2) is 0 Å². The molecule has 0 radical (unpaired) electrons. The topological polar surface area (TPSA) is 56.0 Å². The molecule has 2 aromatic rings. The molecule has 1 aliphatic heterocycles. The summed E-state index contributed by atoms with van der Waals surface area (Å²) in [4.78, 5) is 0. The highest BCUT2D eigenvalue weighted by Crippen LogP contribution is 2.33. The van der Waals surface area contributed by atoms with Crippen LogP contribution in [0.2, 0.25) is 0 Å². The largest absolute Gasteiger partial charge is 0.395 e. The van der Waals surface area contributed by atoms with E-state index < -0.39 is 0 Å². The molecule has 23 heavy (non-hydrogen) atoms. The quantitative estimate of drug-likeness (QED) is 0.910. The predicted molar refractivity (Wildman–Crippen MR) is 92.1 cm³/mol. The van der Waals surface area contributed by atoms with Gasteiger partial charge in [-0.15, -0.1) is 0 Å². The van der Waals surface area contributed by atoms with Crippen LogP contribution in [-0.2, 0) is 0 Å². The summed E-state index contributed by atoms with van der Waals surface area (Å²) in [6.45, 7) is 4.44. The summed E-state index contributed by atoms with van der Waals surface area (Å²) in [6, 6.07) is 19.0. The van der Waals surface area contributed by atoms with E-state index in [0.717, 1.165) is 5.56 Å². The molecule has 1 fully saturated rings. The van der Waals surface area contributed by atoms with Crippen LogP contribution in [0.3, 0.4) is 0 Å². The van der Waals surface area contributed by atoms with Crippen molar-refractivity contribution in [3.63, 3.8) is 0 Å². The smallest absolute Gasteiger partial charge is 0.104 e. The second-order valence-corrected chi connectivity index (χ2v) is 6.49. The summed E-state index contributed by atoms with van der Waals surface area (Å²) >= 11 is 0. The van der Waals surface area contributed by atoms with Crippen molar-refractivity contribution in [2.24, 2.45) is 0 Å². The predicted octanol–water partition coefficient (Wildman–Crippen LogP) is 3.42. The Morgan fingerprint density at radius 3 is 2.09 bits per heavy atom. The molecule has 0 saturated carbocycles. The van der Waals surface area contributed by atoms with Gasteiger partial charge in [0.1, 0.15) is 6.04 Å². The number of hydrogen-bond donors (Lipinski definition) is 2. The minimum Gasteiger partial charge on any atom is -0.395 e. The number of rotatable bonds is 4. The van der Waals surface area contributed by atoms with Crippen LogP contribution >= 0.6 is 0 Å². The van der Waals surface area contributed by atoms with Gasteiger partial charge in [0.25, 0.3) is 0 Å². The average Bonchev–Trinajstić information content (AvgIpc) is 2.55. The molecule has 1 aliphatic rings. The summed E-state index contributed by atoms with van der Waals surface area (Å²) in [5, 5.41) is 21.6. The highest BCUT2D eigenvalue weighted by molar-refractivity contribution is 5.64. The minimum absolute atomic E-state index is 0.0178. The first-order valence-electron chi connectivity index (χ1n) is 8.11. The third-order valence-corrected chi connectivity index (χ3v) is 4.73. The fourth-order valence-corrected chi connectivity index (χ4v) is 3.22. The Kier molecular flexibility index (Phi) is 4.47. The lowest BCUT2D eigenvalue weighted by atomic mass is 9.78. The second-order valence-electron chi connectivity index (χ2n) is 6.49. The Morgan fingerprint density at radius 2 is 1.61 bits per heavy atom. The van der Waals surface area contributed by atoms with Crippen LogP contribution < -0.4 is 5.32 Å². The SMILES string of the molecule is CC(C)c1ccc(-c2ccc([C@H]3[C@H](C#N)N[C@H]3CO)cc2)cc1. The van der Waals surface area contributed by atoms with Gasteiger partial charge in [-0.2, -0.15) is 5.26 Å². The normalized spacial score (nSPS) is 23.3. The molecule has 3 rings (SSSR count). The fourth-order valence-electron chi connectivity index (χ4n) is 3.22. The molecule has 3 heteroatoms. The van der Waals surface area contributed by atoms with Crippen LogP contribution in [0, 0.1) is 11.3 Å².